The van der Waals surface area contributed by atoms with Crippen LogP contribution in [-0.2, 0) is 19.0 Å². The second-order valence-electron chi connectivity index (χ2n) is 4.78. The van der Waals surface area contributed by atoms with Crippen molar-refractivity contribution in [3.63, 3.8) is 0 Å². The van der Waals surface area contributed by atoms with Crippen LogP contribution in [0.3, 0.4) is 0 Å². The average molecular weight is 243 g/mol. The molecular weight excluding hydrogens is 220 g/mol. The third-order valence-corrected chi connectivity index (χ3v) is 2.59. The van der Waals surface area contributed by atoms with E-state index >= 15 is 0 Å². The Balaban J connectivity index is 2.07. The van der Waals surface area contributed by atoms with Gasteiger partial charge in [0, 0.05) is 12.5 Å². The largest absolute Gasteiger partial charge is 0.465 e. The Morgan fingerprint density at radius 1 is 1.41 bits per heavy atom. The lowest BCUT2D eigenvalue weighted by Crippen LogP contribution is -2.26. The molecule has 17 heavy (non-hydrogen) atoms. The third-order valence-electron chi connectivity index (χ3n) is 2.59. The number of carbonyl (C=O) groups excluding carboxylic acids is 1. The van der Waals surface area contributed by atoms with Crippen molar-refractivity contribution in [3.05, 3.63) is 6.92 Å². The quantitative estimate of drug-likeness (QED) is 0.671. The zero-order chi connectivity index (χ0) is 12.7. The molecule has 2 unspecified atom stereocenters. The van der Waals surface area contributed by atoms with E-state index in [0.717, 1.165) is 25.9 Å². The summed E-state index contributed by atoms with van der Waals surface area (Å²) in [5, 5.41) is 0. The highest BCUT2D eigenvalue weighted by Crippen LogP contribution is 2.14. The van der Waals surface area contributed by atoms with Gasteiger partial charge in [0.15, 0.2) is 6.29 Å². The predicted octanol–water partition coefficient (Wildman–Crippen LogP) is 2.18. The number of hydrogen-bond acceptors (Lipinski definition) is 4. The van der Waals surface area contributed by atoms with E-state index < -0.39 is 0 Å². The van der Waals surface area contributed by atoms with Crippen molar-refractivity contribution in [2.24, 2.45) is 11.8 Å². The summed E-state index contributed by atoms with van der Waals surface area (Å²) in [6, 6.07) is 0. The highest BCUT2D eigenvalue weighted by Gasteiger charge is 2.16. The standard InChI is InChI=1S/C13H23O4/c1-10(2)13(14)17-9-11(3)8-16-12-6-4-5-7-15-12/h10-12H,3-9H2,1-2H3. The van der Waals surface area contributed by atoms with Gasteiger partial charge in [-0.05, 0) is 26.2 Å². The Hall–Kier alpha value is -0.610. The molecule has 1 heterocycles. The van der Waals surface area contributed by atoms with E-state index in [1.165, 1.54) is 0 Å². The molecule has 1 aliphatic rings. The van der Waals surface area contributed by atoms with Gasteiger partial charge in [-0.1, -0.05) is 13.8 Å². The van der Waals surface area contributed by atoms with Crippen LogP contribution >= 0.6 is 0 Å². The van der Waals surface area contributed by atoms with Gasteiger partial charge < -0.3 is 14.2 Å². The first-order valence-electron chi connectivity index (χ1n) is 6.32. The maximum atomic E-state index is 11.2. The molecule has 0 saturated carbocycles. The van der Waals surface area contributed by atoms with Crippen LogP contribution in [0.15, 0.2) is 0 Å². The summed E-state index contributed by atoms with van der Waals surface area (Å²) in [5.74, 6) is -0.319. The molecular formula is C13H23O4. The molecule has 0 N–H and O–H groups in total. The summed E-state index contributed by atoms with van der Waals surface area (Å²) in [6.07, 6.45) is 3.10. The first-order valence-corrected chi connectivity index (χ1v) is 6.32. The van der Waals surface area contributed by atoms with Crippen molar-refractivity contribution in [2.75, 3.05) is 19.8 Å². The summed E-state index contributed by atoms with van der Waals surface area (Å²) in [4.78, 5) is 11.2. The molecule has 2 atom stereocenters. The monoisotopic (exact) mass is 243 g/mol. The van der Waals surface area contributed by atoms with Crippen molar-refractivity contribution < 1.29 is 19.0 Å². The maximum Gasteiger partial charge on any atom is 0.308 e. The number of hydrogen-bond donors (Lipinski definition) is 0. The molecule has 4 heteroatoms. The van der Waals surface area contributed by atoms with Crippen molar-refractivity contribution in [1.29, 1.82) is 0 Å². The molecule has 0 aromatic heterocycles. The molecule has 1 radical (unpaired) electrons. The first kappa shape index (κ1) is 14.5. The Labute approximate surface area is 104 Å². The summed E-state index contributed by atoms with van der Waals surface area (Å²) in [6.45, 7) is 9.07. The topological polar surface area (TPSA) is 44.8 Å². The van der Waals surface area contributed by atoms with Crippen molar-refractivity contribution >= 4 is 5.97 Å². The van der Waals surface area contributed by atoms with E-state index in [1.807, 2.05) is 13.8 Å². The van der Waals surface area contributed by atoms with Crippen LogP contribution < -0.4 is 0 Å². The minimum atomic E-state index is -0.187. The highest BCUT2D eigenvalue weighted by atomic mass is 16.7. The summed E-state index contributed by atoms with van der Waals surface area (Å²) in [5.41, 5.74) is 0. The molecule has 1 fully saturated rings. The molecule has 0 aromatic carbocycles. The lowest BCUT2D eigenvalue weighted by Gasteiger charge is -2.24. The summed E-state index contributed by atoms with van der Waals surface area (Å²) in [7, 11) is 0. The minimum absolute atomic E-state index is 0.0387. The van der Waals surface area contributed by atoms with Gasteiger partial charge in [-0.15, -0.1) is 0 Å². The SMILES string of the molecule is [CH2]C(COC(=O)C(C)C)COC1CCCCO1. The molecule has 99 valence electrons. The van der Waals surface area contributed by atoms with Crippen LogP contribution in [0.1, 0.15) is 33.1 Å². The average Bonchev–Trinajstić information content (AvgIpc) is 2.34. The molecule has 0 aliphatic carbocycles. The number of esters is 1. The maximum absolute atomic E-state index is 11.2. The molecule has 1 rings (SSSR count). The van der Waals surface area contributed by atoms with Crippen molar-refractivity contribution in [1.82, 2.24) is 0 Å². The Morgan fingerprint density at radius 2 is 2.18 bits per heavy atom. The van der Waals surface area contributed by atoms with E-state index in [9.17, 15) is 4.79 Å². The Kier molecular flexibility index (Phi) is 6.52. The van der Waals surface area contributed by atoms with Gasteiger partial charge in [0.1, 0.15) is 0 Å². The smallest absolute Gasteiger partial charge is 0.308 e. The molecule has 0 bridgehead atoms. The first-order chi connectivity index (χ1) is 8.09. The Morgan fingerprint density at radius 3 is 2.76 bits per heavy atom. The van der Waals surface area contributed by atoms with Gasteiger partial charge in [0.25, 0.3) is 0 Å². The third kappa shape index (κ3) is 6.03. The highest BCUT2D eigenvalue weighted by molar-refractivity contribution is 5.71. The van der Waals surface area contributed by atoms with Crippen LogP contribution in [0.2, 0.25) is 0 Å². The van der Waals surface area contributed by atoms with Crippen LogP contribution in [-0.4, -0.2) is 32.1 Å². The Bertz CT molecular complexity index is 221. The zero-order valence-corrected chi connectivity index (χ0v) is 10.8. The molecule has 0 amide bonds. The minimum Gasteiger partial charge on any atom is -0.465 e. The van der Waals surface area contributed by atoms with Crippen molar-refractivity contribution in [3.8, 4) is 0 Å². The second kappa shape index (κ2) is 7.67. The van der Waals surface area contributed by atoms with Crippen molar-refractivity contribution in [2.45, 2.75) is 39.4 Å². The van der Waals surface area contributed by atoms with E-state index in [2.05, 4.69) is 6.92 Å². The van der Waals surface area contributed by atoms with E-state index in [4.69, 9.17) is 14.2 Å². The van der Waals surface area contributed by atoms with Crippen LogP contribution in [0.4, 0.5) is 0 Å². The van der Waals surface area contributed by atoms with Gasteiger partial charge in [0.2, 0.25) is 0 Å². The fourth-order valence-corrected chi connectivity index (χ4v) is 1.50. The normalized spacial score (nSPS) is 22.5. The van der Waals surface area contributed by atoms with E-state index in [1.54, 1.807) is 0 Å². The lowest BCUT2D eigenvalue weighted by molar-refractivity contribution is -0.171. The molecule has 0 aromatic rings. The molecule has 1 saturated heterocycles. The van der Waals surface area contributed by atoms with Crippen LogP contribution in [0, 0.1) is 18.8 Å². The fraction of sp³-hybridized carbons (Fsp3) is 0.846. The number of carbonyl (C=O) groups is 1. The number of rotatable bonds is 6. The summed E-state index contributed by atoms with van der Waals surface area (Å²) >= 11 is 0. The van der Waals surface area contributed by atoms with Gasteiger partial charge in [0.05, 0.1) is 19.1 Å². The van der Waals surface area contributed by atoms with Gasteiger partial charge in [-0.2, -0.15) is 0 Å². The molecule has 4 nitrogen and oxygen atoms in total. The zero-order valence-electron chi connectivity index (χ0n) is 10.8. The van der Waals surface area contributed by atoms with E-state index in [-0.39, 0.29) is 24.1 Å². The van der Waals surface area contributed by atoms with Crippen LogP contribution in [0.5, 0.6) is 0 Å². The molecule has 1 aliphatic heterocycles. The van der Waals surface area contributed by atoms with Crippen LogP contribution in [0.25, 0.3) is 0 Å². The lowest BCUT2D eigenvalue weighted by atomic mass is 10.2. The number of ether oxygens (including phenoxy) is 3. The fourth-order valence-electron chi connectivity index (χ4n) is 1.50. The predicted molar refractivity (Wildman–Crippen MR) is 64.2 cm³/mol. The summed E-state index contributed by atoms with van der Waals surface area (Å²) < 4.78 is 16.1. The van der Waals surface area contributed by atoms with Gasteiger partial charge in [-0.3, -0.25) is 4.79 Å². The molecule has 0 spiro atoms. The van der Waals surface area contributed by atoms with Gasteiger partial charge in [-0.25, -0.2) is 0 Å². The van der Waals surface area contributed by atoms with Gasteiger partial charge >= 0.3 is 5.97 Å². The van der Waals surface area contributed by atoms with E-state index in [0.29, 0.717) is 13.2 Å². The second-order valence-corrected chi connectivity index (χ2v) is 4.78.